The molecule has 6 nitrogen and oxygen atoms in total. The number of nitrogens with one attached hydrogen (secondary N) is 2. The molecule has 0 saturated heterocycles. The number of nitrogens with zero attached hydrogens (tertiary/aromatic N) is 2. The van der Waals surface area contributed by atoms with Crippen LogP contribution in [0.15, 0.2) is 42.5 Å². The molecule has 0 aliphatic heterocycles. The highest BCUT2D eigenvalue weighted by molar-refractivity contribution is 7.71. The Morgan fingerprint density at radius 3 is 2.63 bits per heavy atom. The van der Waals surface area contributed by atoms with Gasteiger partial charge < -0.3 is 10.1 Å². The van der Waals surface area contributed by atoms with Gasteiger partial charge in [0.15, 0.2) is 10.6 Å². The molecular weight excluding hydrogens is 360 g/mol. The molecule has 2 aromatic carbocycles. The van der Waals surface area contributed by atoms with Crippen molar-refractivity contribution in [3.63, 3.8) is 0 Å². The Labute approximate surface area is 163 Å². The second-order valence-corrected chi connectivity index (χ2v) is 6.74. The Morgan fingerprint density at radius 1 is 1.22 bits per heavy atom. The van der Waals surface area contributed by atoms with Crippen molar-refractivity contribution in [2.45, 2.75) is 26.8 Å². The van der Waals surface area contributed by atoms with Crippen LogP contribution in [0.2, 0.25) is 0 Å². The highest BCUT2D eigenvalue weighted by atomic mass is 32.1. The molecule has 0 aliphatic carbocycles. The molecule has 0 saturated carbocycles. The Balaban J connectivity index is 1.71. The maximum Gasteiger partial charge on any atom is 0.226 e. The third-order valence-electron chi connectivity index (χ3n) is 4.32. The van der Waals surface area contributed by atoms with Gasteiger partial charge in [-0.25, -0.2) is 0 Å². The summed E-state index contributed by atoms with van der Waals surface area (Å²) >= 11 is 5.33. The van der Waals surface area contributed by atoms with Gasteiger partial charge in [0.25, 0.3) is 0 Å². The first kappa shape index (κ1) is 18.8. The van der Waals surface area contributed by atoms with Crippen LogP contribution in [0.5, 0.6) is 5.75 Å². The maximum absolute atomic E-state index is 12.4. The number of ether oxygens (including phenoxy) is 1. The first-order valence-electron chi connectivity index (χ1n) is 8.64. The minimum Gasteiger partial charge on any atom is -0.497 e. The van der Waals surface area contributed by atoms with Gasteiger partial charge in [-0.3, -0.25) is 14.5 Å². The van der Waals surface area contributed by atoms with Crippen molar-refractivity contribution in [2.24, 2.45) is 0 Å². The van der Waals surface area contributed by atoms with Crippen molar-refractivity contribution < 1.29 is 9.53 Å². The fourth-order valence-corrected chi connectivity index (χ4v) is 3.09. The highest BCUT2D eigenvalue weighted by Crippen LogP contribution is 2.21. The van der Waals surface area contributed by atoms with Crippen molar-refractivity contribution in [3.05, 3.63) is 58.4 Å². The molecule has 0 fully saturated rings. The fourth-order valence-electron chi connectivity index (χ4n) is 2.87. The van der Waals surface area contributed by atoms with E-state index in [0.29, 0.717) is 23.6 Å². The number of aromatic nitrogens is 3. The number of rotatable bonds is 6. The number of benzene rings is 2. The normalized spacial score (nSPS) is 10.6. The van der Waals surface area contributed by atoms with E-state index in [-0.39, 0.29) is 5.91 Å². The lowest BCUT2D eigenvalue weighted by molar-refractivity contribution is -0.116. The first-order valence-corrected chi connectivity index (χ1v) is 9.05. The SMILES string of the molecule is COc1ccc(-c2n[nH]c(=S)n2CCC(=O)Nc2ccc(C)cc2C)cc1. The summed E-state index contributed by atoms with van der Waals surface area (Å²) in [5.41, 5.74) is 3.94. The Kier molecular flexibility index (Phi) is 5.71. The van der Waals surface area contributed by atoms with Gasteiger partial charge in [-0.05, 0) is 62.0 Å². The minimum atomic E-state index is -0.0641. The number of aryl methyl sites for hydroxylation is 2. The predicted molar refractivity (Wildman–Crippen MR) is 109 cm³/mol. The number of hydrogen-bond acceptors (Lipinski definition) is 4. The van der Waals surface area contributed by atoms with Crippen LogP contribution in [-0.4, -0.2) is 27.8 Å². The summed E-state index contributed by atoms with van der Waals surface area (Å²) in [7, 11) is 1.62. The van der Waals surface area contributed by atoms with E-state index in [1.54, 1.807) is 7.11 Å². The lowest BCUT2D eigenvalue weighted by atomic mass is 10.1. The van der Waals surface area contributed by atoms with Crippen LogP contribution in [0.4, 0.5) is 5.69 Å². The van der Waals surface area contributed by atoms with Crippen LogP contribution < -0.4 is 10.1 Å². The van der Waals surface area contributed by atoms with E-state index >= 15 is 0 Å². The van der Waals surface area contributed by atoms with Crippen LogP contribution >= 0.6 is 12.2 Å². The lowest BCUT2D eigenvalue weighted by Gasteiger charge is -2.10. The van der Waals surface area contributed by atoms with E-state index in [0.717, 1.165) is 22.6 Å². The minimum absolute atomic E-state index is 0.0641. The molecule has 0 atom stereocenters. The molecule has 2 N–H and O–H groups in total. The Morgan fingerprint density at radius 2 is 1.96 bits per heavy atom. The number of anilines is 1. The second kappa shape index (κ2) is 8.18. The number of aromatic amines is 1. The van der Waals surface area contributed by atoms with Gasteiger partial charge in [-0.1, -0.05) is 17.7 Å². The molecule has 0 radical (unpaired) electrons. The van der Waals surface area contributed by atoms with Gasteiger partial charge in [-0.2, -0.15) is 5.10 Å². The number of carbonyl (C=O) groups is 1. The maximum atomic E-state index is 12.4. The quantitative estimate of drug-likeness (QED) is 0.625. The monoisotopic (exact) mass is 382 g/mol. The molecule has 140 valence electrons. The average molecular weight is 382 g/mol. The zero-order valence-electron chi connectivity index (χ0n) is 15.6. The predicted octanol–water partition coefficient (Wildman–Crippen LogP) is 4.26. The third-order valence-corrected chi connectivity index (χ3v) is 4.64. The van der Waals surface area contributed by atoms with Crippen LogP contribution in [0.25, 0.3) is 11.4 Å². The van der Waals surface area contributed by atoms with Crippen LogP contribution in [0.1, 0.15) is 17.5 Å². The molecule has 1 aromatic heterocycles. The van der Waals surface area contributed by atoms with Crippen molar-refractivity contribution in [3.8, 4) is 17.1 Å². The van der Waals surface area contributed by atoms with E-state index < -0.39 is 0 Å². The van der Waals surface area contributed by atoms with E-state index in [1.807, 2.05) is 60.9 Å². The van der Waals surface area contributed by atoms with Gasteiger partial charge in [0, 0.05) is 24.2 Å². The summed E-state index contributed by atoms with van der Waals surface area (Å²) in [5, 5.41) is 10.1. The summed E-state index contributed by atoms with van der Waals surface area (Å²) < 4.78 is 7.50. The van der Waals surface area contributed by atoms with Crippen LogP contribution in [0, 0.1) is 18.6 Å². The zero-order chi connectivity index (χ0) is 19.4. The van der Waals surface area contributed by atoms with E-state index in [4.69, 9.17) is 17.0 Å². The number of carbonyl (C=O) groups excluding carboxylic acids is 1. The molecule has 3 rings (SSSR count). The topological polar surface area (TPSA) is 71.9 Å². The molecule has 0 unspecified atom stereocenters. The summed E-state index contributed by atoms with van der Waals surface area (Å²) in [4.78, 5) is 12.4. The summed E-state index contributed by atoms with van der Waals surface area (Å²) in [6.45, 7) is 4.45. The van der Waals surface area contributed by atoms with Gasteiger partial charge in [0.2, 0.25) is 5.91 Å². The van der Waals surface area contributed by atoms with Crippen molar-refractivity contribution in [1.29, 1.82) is 0 Å². The number of methoxy groups -OCH3 is 1. The molecule has 0 spiro atoms. The molecule has 1 amide bonds. The second-order valence-electron chi connectivity index (χ2n) is 6.35. The molecule has 7 heteroatoms. The summed E-state index contributed by atoms with van der Waals surface area (Å²) in [6.07, 6.45) is 0.296. The van der Waals surface area contributed by atoms with Crippen molar-refractivity contribution in [1.82, 2.24) is 14.8 Å². The molecular formula is C20H22N4O2S. The molecule has 0 bridgehead atoms. The van der Waals surface area contributed by atoms with Crippen molar-refractivity contribution >= 4 is 23.8 Å². The molecule has 1 heterocycles. The molecule has 27 heavy (non-hydrogen) atoms. The highest BCUT2D eigenvalue weighted by Gasteiger charge is 2.11. The third kappa shape index (κ3) is 4.43. The van der Waals surface area contributed by atoms with Crippen LogP contribution in [0.3, 0.4) is 0 Å². The molecule has 0 aliphatic rings. The largest absolute Gasteiger partial charge is 0.497 e. The Bertz CT molecular complexity index is 1010. The number of H-pyrrole nitrogens is 1. The summed E-state index contributed by atoms with van der Waals surface area (Å²) in [6, 6.07) is 13.5. The smallest absolute Gasteiger partial charge is 0.226 e. The standard InChI is InChI=1S/C20H22N4O2S/c1-13-4-9-17(14(2)12-13)21-18(25)10-11-24-19(22-23-20(24)27)15-5-7-16(26-3)8-6-15/h4-9,12H,10-11H2,1-3H3,(H,21,25)(H,23,27). The van der Waals surface area contributed by atoms with Gasteiger partial charge >= 0.3 is 0 Å². The lowest BCUT2D eigenvalue weighted by Crippen LogP contribution is -2.15. The average Bonchev–Trinajstić information content (AvgIpc) is 3.03. The Hall–Kier alpha value is -2.93. The van der Waals surface area contributed by atoms with Gasteiger partial charge in [-0.15, -0.1) is 0 Å². The number of amides is 1. The van der Waals surface area contributed by atoms with E-state index in [1.165, 1.54) is 5.56 Å². The van der Waals surface area contributed by atoms with Gasteiger partial charge in [0.05, 0.1) is 7.11 Å². The van der Waals surface area contributed by atoms with Gasteiger partial charge in [0.1, 0.15) is 5.75 Å². The van der Waals surface area contributed by atoms with E-state index in [2.05, 4.69) is 15.5 Å². The molecule has 3 aromatic rings. The van der Waals surface area contributed by atoms with E-state index in [9.17, 15) is 4.79 Å². The first-order chi connectivity index (χ1) is 13.0. The number of hydrogen-bond donors (Lipinski definition) is 2. The summed E-state index contributed by atoms with van der Waals surface area (Å²) in [5.74, 6) is 1.40. The fraction of sp³-hybridized carbons (Fsp3) is 0.250. The zero-order valence-corrected chi connectivity index (χ0v) is 16.4. The van der Waals surface area contributed by atoms with Crippen LogP contribution in [-0.2, 0) is 11.3 Å². The van der Waals surface area contributed by atoms with Crippen molar-refractivity contribution in [2.75, 3.05) is 12.4 Å².